The maximum atomic E-state index is 13.3. The molecule has 0 aliphatic carbocycles. The molecular formula is C20H15BClN4O2S+. The van der Waals surface area contributed by atoms with Crippen LogP contribution in [0.15, 0.2) is 47.5 Å². The third-order valence-corrected chi connectivity index (χ3v) is 5.76. The third-order valence-electron chi connectivity index (χ3n) is 4.66. The Morgan fingerprint density at radius 3 is 2.90 bits per heavy atom. The first-order chi connectivity index (χ1) is 13.9. The standard InChI is InChI=1S/C20H14BClN4O2S/c1-11-3-2-4-25-17(11)26(10-15-9-24-20(22)29-15)19(28)16(18(25)27)13-5-12(8-23)6-14(21)7-13/h2-7,9H,10,21H2,1H3/p+1. The number of pyridine rings is 1. The number of hydrogen-bond acceptors (Lipinski definition) is 5. The quantitative estimate of drug-likeness (QED) is 0.402. The van der Waals surface area contributed by atoms with Crippen LogP contribution in [0, 0.1) is 18.3 Å². The molecule has 6 nitrogen and oxygen atoms in total. The lowest BCUT2D eigenvalue weighted by Crippen LogP contribution is -2.41. The lowest BCUT2D eigenvalue weighted by atomic mass is 9.90. The zero-order chi connectivity index (χ0) is 20.7. The van der Waals surface area contributed by atoms with Crippen LogP contribution in [0.25, 0.3) is 16.8 Å². The zero-order valence-electron chi connectivity index (χ0n) is 15.7. The van der Waals surface area contributed by atoms with Crippen molar-refractivity contribution >= 4 is 41.9 Å². The molecule has 4 aromatic rings. The minimum Gasteiger partial charge on any atom is -0.477 e. The van der Waals surface area contributed by atoms with E-state index in [-0.39, 0.29) is 17.0 Å². The Morgan fingerprint density at radius 1 is 1.41 bits per heavy atom. The zero-order valence-corrected chi connectivity index (χ0v) is 17.3. The summed E-state index contributed by atoms with van der Waals surface area (Å²) in [4.78, 5) is 18.2. The van der Waals surface area contributed by atoms with E-state index in [4.69, 9.17) is 11.6 Å². The lowest BCUT2D eigenvalue weighted by Gasteiger charge is -2.11. The molecule has 4 rings (SSSR count). The highest BCUT2D eigenvalue weighted by atomic mass is 35.5. The third kappa shape index (κ3) is 3.39. The number of benzene rings is 1. The monoisotopic (exact) mass is 421 g/mol. The Morgan fingerprint density at radius 2 is 2.21 bits per heavy atom. The van der Waals surface area contributed by atoms with Crippen molar-refractivity contribution in [3.63, 3.8) is 0 Å². The summed E-state index contributed by atoms with van der Waals surface area (Å²) < 4.78 is 3.60. The fraction of sp³-hybridized carbons (Fsp3) is 0.100. The van der Waals surface area contributed by atoms with Gasteiger partial charge in [0.15, 0.2) is 10.0 Å². The van der Waals surface area contributed by atoms with Crippen LogP contribution in [-0.2, 0) is 6.54 Å². The Bertz CT molecular complexity index is 1370. The molecule has 3 heterocycles. The van der Waals surface area contributed by atoms with E-state index >= 15 is 0 Å². The van der Waals surface area contributed by atoms with Gasteiger partial charge in [0.1, 0.15) is 14.4 Å². The fourth-order valence-corrected chi connectivity index (χ4v) is 4.44. The van der Waals surface area contributed by atoms with Crippen molar-refractivity contribution in [2.24, 2.45) is 0 Å². The summed E-state index contributed by atoms with van der Waals surface area (Å²) in [6.45, 7) is 2.18. The van der Waals surface area contributed by atoms with E-state index in [1.807, 2.05) is 20.8 Å². The highest BCUT2D eigenvalue weighted by molar-refractivity contribution is 7.15. The van der Waals surface area contributed by atoms with Crippen LogP contribution in [0.5, 0.6) is 5.88 Å². The molecule has 0 aliphatic rings. The normalized spacial score (nSPS) is 10.9. The number of thiazole rings is 1. The van der Waals surface area contributed by atoms with Crippen LogP contribution in [0.4, 0.5) is 0 Å². The number of nitriles is 1. The van der Waals surface area contributed by atoms with Crippen LogP contribution in [0.3, 0.4) is 0 Å². The molecule has 0 bridgehead atoms. The van der Waals surface area contributed by atoms with Gasteiger partial charge in [0.05, 0.1) is 22.7 Å². The molecule has 0 atom stereocenters. The number of halogens is 1. The van der Waals surface area contributed by atoms with Gasteiger partial charge < -0.3 is 5.11 Å². The Hall–Kier alpha value is -3.15. The molecule has 142 valence electrons. The van der Waals surface area contributed by atoms with Gasteiger partial charge in [0.2, 0.25) is 0 Å². The van der Waals surface area contributed by atoms with Crippen LogP contribution < -0.4 is 15.6 Å². The molecule has 0 aliphatic heterocycles. The highest BCUT2D eigenvalue weighted by Gasteiger charge is 2.27. The molecule has 0 spiro atoms. The molecule has 3 aromatic heterocycles. The van der Waals surface area contributed by atoms with E-state index in [2.05, 4.69) is 11.1 Å². The van der Waals surface area contributed by atoms with E-state index in [0.717, 1.165) is 15.9 Å². The van der Waals surface area contributed by atoms with Gasteiger partial charge in [0.25, 0.3) is 11.5 Å². The predicted molar refractivity (Wildman–Crippen MR) is 115 cm³/mol. The van der Waals surface area contributed by atoms with Crippen molar-refractivity contribution in [2.45, 2.75) is 13.5 Å². The summed E-state index contributed by atoms with van der Waals surface area (Å²) in [6, 6.07) is 10.9. The van der Waals surface area contributed by atoms with Crippen LogP contribution in [0.1, 0.15) is 16.0 Å². The molecule has 1 N–H and O–H groups in total. The van der Waals surface area contributed by atoms with Crippen molar-refractivity contribution in [2.75, 3.05) is 0 Å². The Kier molecular flexibility index (Phi) is 4.86. The van der Waals surface area contributed by atoms with Crippen LogP contribution >= 0.6 is 22.9 Å². The number of aromatic nitrogens is 3. The fourth-order valence-electron chi connectivity index (χ4n) is 3.47. The van der Waals surface area contributed by atoms with Gasteiger partial charge in [-0.25, -0.2) is 9.78 Å². The summed E-state index contributed by atoms with van der Waals surface area (Å²) in [5.41, 5.74) is 2.96. The topological polar surface area (TPSA) is 82.3 Å². The van der Waals surface area contributed by atoms with Crippen molar-refractivity contribution in [3.05, 3.63) is 73.6 Å². The summed E-state index contributed by atoms with van der Waals surface area (Å²) >= 11 is 7.28. The molecule has 0 amide bonds. The Balaban J connectivity index is 2.08. The van der Waals surface area contributed by atoms with Crippen LogP contribution in [-0.4, -0.2) is 22.3 Å². The molecule has 0 radical (unpaired) electrons. The summed E-state index contributed by atoms with van der Waals surface area (Å²) in [5, 5.41) is 20.5. The maximum Gasteiger partial charge on any atom is 0.354 e. The number of fused-ring (bicyclic) bond motifs is 1. The Labute approximate surface area is 176 Å². The van der Waals surface area contributed by atoms with Crippen molar-refractivity contribution in [3.8, 4) is 23.1 Å². The van der Waals surface area contributed by atoms with Gasteiger partial charge in [-0.05, 0) is 30.7 Å². The summed E-state index contributed by atoms with van der Waals surface area (Å²) in [6.07, 6.45) is 3.32. The van der Waals surface area contributed by atoms with E-state index < -0.39 is 0 Å². The number of aryl methyl sites for hydroxylation is 1. The largest absolute Gasteiger partial charge is 0.477 e. The molecule has 0 saturated carbocycles. The number of nitrogens with zero attached hydrogens (tertiary/aromatic N) is 4. The van der Waals surface area contributed by atoms with Crippen LogP contribution in [0.2, 0.25) is 4.47 Å². The second-order valence-electron chi connectivity index (χ2n) is 6.75. The number of hydrogen-bond donors (Lipinski definition) is 1. The number of aromatic hydroxyl groups is 1. The van der Waals surface area contributed by atoms with E-state index in [0.29, 0.717) is 27.8 Å². The average molecular weight is 422 g/mol. The minimum atomic E-state index is -0.353. The van der Waals surface area contributed by atoms with Gasteiger partial charge in [-0.3, -0.25) is 0 Å². The van der Waals surface area contributed by atoms with E-state index in [1.165, 1.54) is 15.7 Å². The summed E-state index contributed by atoms with van der Waals surface area (Å²) in [7, 11) is 1.84. The predicted octanol–water partition coefficient (Wildman–Crippen LogP) is 1.56. The first-order valence-electron chi connectivity index (χ1n) is 8.78. The SMILES string of the molecule is Bc1cc(C#N)cc(-c2c(O)[n+](Cc3cnc(Cl)s3)c3c(C)cccn3c2=O)c1. The molecule has 9 heteroatoms. The molecule has 0 saturated heterocycles. The first kappa shape index (κ1) is 19.2. The van der Waals surface area contributed by atoms with E-state index in [1.54, 1.807) is 41.2 Å². The van der Waals surface area contributed by atoms with Crippen molar-refractivity contribution < 1.29 is 9.67 Å². The summed E-state index contributed by atoms with van der Waals surface area (Å²) in [5.74, 6) is -0.164. The van der Waals surface area contributed by atoms with Crippen molar-refractivity contribution in [1.29, 1.82) is 5.26 Å². The maximum absolute atomic E-state index is 13.3. The van der Waals surface area contributed by atoms with Gasteiger partial charge in [-0.1, -0.05) is 29.2 Å². The smallest absolute Gasteiger partial charge is 0.354 e. The van der Waals surface area contributed by atoms with Gasteiger partial charge in [-0.2, -0.15) is 14.2 Å². The molecule has 0 fully saturated rings. The molecule has 29 heavy (non-hydrogen) atoms. The minimum absolute atomic E-state index is 0.143. The second kappa shape index (κ2) is 7.35. The van der Waals surface area contributed by atoms with Gasteiger partial charge >= 0.3 is 5.56 Å². The van der Waals surface area contributed by atoms with Gasteiger partial charge in [-0.15, -0.1) is 11.3 Å². The highest BCUT2D eigenvalue weighted by Crippen LogP contribution is 2.25. The molecular weight excluding hydrogens is 407 g/mol. The van der Waals surface area contributed by atoms with E-state index in [9.17, 15) is 15.2 Å². The first-order valence-corrected chi connectivity index (χ1v) is 9.97. The average Bonchev–Trinajstić information content (AvgIpc) is 3.10. The second-order valence-corrected chi connectivity index (χ2v) is 8.45. The molecule has 1 aromatic carbocycles. The number of rotatable bonds is 3. The molecule has 0 unspecified atom stereocenters. The van der Waals surface area contributed by atoms with Gasteiger partial charge in [0, 0.05) is 11.8 Å². The van der Waals surface area contributed by atoms with Crippen molar-refractivity contribution in [1.82, 2.24) is 9.38 Å². The lowest BCUT2D eigenvalue weighted by molar-refractivity contribution is -0.671.